The lowest BCUT2D eigenvalue weighted by Crippen LogP contribution is -2.19. The van der Waals surface area contributed by atoms with Gasteiger partial charge in [-0.1, -0.05) is 0 Å². The van der Waals surface area contributed by atoms with Gasteiger partial charge in [-0.05, 0) is 62.0 Å². The Bertz CT molecular complexity index is 504. The maximum absolute atomic E-state index is 4.17. The predicted molar refractivity (Wildman–Crippen MR) is 77.1 cm³/mol. The van der Waals surface area contributed by atoms with Crippen molar-refractivity contribution in [2.24, 2.45) is 7.05 Å². The van der Waals surface area contributed by atoms with Crippen LogP contribution in [0, 0.1) is 6.92 Å². The van der Waals surface area contributed by atoms with E-state index in [0.29, 0.717) is 0 Å². The summed E-state index contributed by atoms with van der Waals surface area (Å²) in [6.07, 6.45) is 11.1. The number of hydrogen-bond acceptors (Lipinski definition) is 3. The Morgan fingerprint density at radius 2 is 2.11 bits per heavy atom. The normalized spacial score (nSPS) is 10.8. The van der Waals surface area contributed by atoms with Gasteiger partial charge in [0.1, 0.15) is 0 Å². The quantitative estimate of drug-likeness (QED) is 0.771. The minimum Gasteiger partial charge on any atom is -0.316 e. The van der Waals surface area contributed by atoms with Gasteiger partial charge in [0.2, 0.25) is 0 Å². The average Bonchev–Trinajstić information content (AvgIpc) is 2.81. The third-order valence-corrected chi connectivity index (χ3v) is 3.28. The molecule has 0 amide bonds. The number of hydrogen-bond donors (Lipinski definition) is 1. The van der Waals surface area contributed by atoms with Gasteiger partial charge in [-0.3, -0.25) is 9.67 Å². The largest absolute Gasteiger partial charge is 0.316 e. The molecule has 2 heterocycles. The van der Waals surface area contributed by atoms with Crippen LogP contribution in [-0.2, 0) is 19.9 Å². The summed E-state index contributed by atoms with van der Waals surface area (Å²) < 4.78 is 1.86. The Hall–Kier alpha value is -1.68. The minimum atomic E-state index is 1.03. The Labute approximate surface area is 114 Å². The fourth-order valence-corrected chi connectivity index (χ4v) is 2.15. The average molecular weight is 258 g/mol. The molecule has 2 aromatic heterocycles. The van der Waals surface area contributed by atoms with Crippen molar-refractivity contribution >= 4 is 0 Å². The zero-order valence-corrected chi connectivity index (χ0v) is 11.8. The van der Waals surface area contributed by atoms with Gasteiger partial charge in [-0.2, -0.15) is 5.10 Å². The summed E-state index contributed by atoms with van der Waals surface area (Å²) in [5.41, 5.74) is 3.98. The highest BCUT2D eigenvalue weighted by Crippen LogP contribution is 2.05. The lowest BCUT2D eigenvalue weighted by Gasteiger charge is -2.06. The van der Waals surface area contributed by atoms with Crippen molar-refractivity contribution in [3.8, 4) is 0 Å². The van der Waals surface area contributed by atoms with Crippen molar-refractivity contribution in [1.29, 1.82) is 0 Å². The molecule has 2 rings (SSSR count). The van der Waals surface area contributed by atoms with Gasteiger partial charge < -0.3 is 5.32 Å². The van der Waals surface area contributed by atoms with Crippen molar-refractivity contribution in [2.45, 2.75) is 26.2 Å². The molecule has 0 radical (unpaired) electrons. The number of nitrogens with one attached hydrogen (secondary N) is 1. The van der Waals surface area contributed by atoms with E-state index in [0.717, 1.165) is 32.4 Å². The van der Waals surface area contributed by atoms with E-state index in [2.05, 4.69) is 34.6 Å². The number of rotatable bonds is 7. The molecule has 4 nitrogen and oxygen atoms in total. The maximum Gasteiger partial charge on any atom is 0.0521 e. The molecule has 19 heavy (non-hydrogen) atoms. The van der Waals surface area contributed by atoms with Gasteiger partial charge in [-0.25, -0.2) is 0 Å². The Morgan fingerprint density at radius 3 is 2.84 bits per heavy atom. The van der Waals surface area contributed by atoms with Gasteiger partial charge in [0.05, 0.1) is 6.20 Å². The van der Waals surface area contributed by atoms with E-state index < -0.39 is 0 Å². The molecule has 0 unspecified atom stereocenters. The second-order valence-electron chi connectivity index (χ2n) is 4.93. The van der Waals surface area contributed by atoms with Crippen molar-refractivity contribution in [3.05, 3.63) is 47.5 Å². The lowest BCUT2D eigenvalue weighted by molar-refractivity contribution is 0.646. The van der Waals surface area contributed by atoms with E-state index in [1.807, 2.05) is 30.3 Å². The van der Waals surface area contributed by atoms with Gasteiger partial charge in [-0.15, -0.1) is 0 Å². The molecule has 4 heteroatoms. The molecule has 0 aliphatic rings. The van der Waals surface area contributed by atoms with E-state index in [1.54, 1.807) is 0 Å². The van der Waals surface area contributed by atoms with E-state index >= 15 is 0 Å². The minimum absolute atomic E-state index is 1.03. The standard InChI is InChI=1S/C15H22N4/c1-13-10-17-9-6-15(13)5-8-16-7-3-4-14-11-18-19(2)12-14/h6,9-12,16H,3-5,7-8H2,1-2H3. The molecule has 0 aliphatic heterocycles. The molecule has 0 bridgehead atoms. The van der Waals surface area contributed by atoms with Crippen LogP contribution in [0.4, 0.5) is 0 Å². The third kappa shape index (κ3) is 4.48. The Balaban J connectivity index is 1.59. The zero-order valence-electron chi connectivity index (χ0n) is 11.8. The number of aryl methyl sites for hydroxylation is 3. The van der Waals surface area contributed by atoms with Crippen LogP contribution in [0.5, 0.6) is 0 Å². The summed E-state index contributed by atoms with van der Waals surface area (Å²) in [5.74, 6) is 0. The van der Waals surface area contributed by atoms with Crippen LogP contribution in [0.15, 0.2) is 30.9 Å². The second kappa shape index (κ2) is 7.04. The van der Waals surface area contributed by atoms with Gasteiger partial charge in [0.25, 0.3) is 0 Å². The fraction of sp³-hybridized carbons (Fsp3) is 0.467. The molecule has 2 aromatic rings. The first kappa shape index (κ1) is 13.7. The SMILES string of the molecule is Cc1cnccc1CCNCCCc1cnn(C)c1. The van der Waals surface area contributed by atoms with Gasteiger partial charge in [0, 0.05) is 25.6 Å². The van der Waals surface area contributed by atoms with Crippen molar-refractivity contribution in [2.75, 3.05) is 13.1 Å². The first-order chi connectivity index (χ1) is 9.25. The second-order valence-corrected chi connectivity index (χ2v) is 4.93. The molecular formula is C15H22N4. The molecule has 0 aromatic carbocycles. The van der Waals surface area contributed by atoms with Crippen molar-refractivity contribution < 1.29 is 0 Å². The number of nitrogens with zero attached hydrogens (tertiary/aromatic N) is 3. The van der Waals surface area contributed by atoms with E-state index in [9.17, 15) is 0 Å². The monoisotopic (exact) mass is 258 g/mol. The van der Waals surface area contributed by atoms with Gasteiger partial charge in [0.15, 0.2) is 0 Å². The topological polar surface area (TPSA) is 42.7 Å². The number of pyridine rings is 1. The highest BCUT2D eigenvalue weighted by Gasteiger charge is 1.98. The molecular weight excluding hydrogens is 236 g/mol. The summed E-state index contributed by atoms with van der Waals surface area (Å²) >= 11 is 0. The van der Waals surface area contributed by atoms with E-state index in [4.69, 9.17) is 0 Å². The van der Waals surface area contributed by atoms with Crippen LogP contribution < -0.4 is 5.32 Å². The molecule has 0 atom stereocenters. The van der Waals surface area contributed by atoms with E-state index in [-0.39, 0.29) is 0 Å². The Kier molecular flexibility index (Phi) is 5.10. The van der Waals surface area contributed by atoms with Crippen LogP contribution in [0.3, 0.4) is 0 Å². The smallest absolute Gasteiger partial charge is 0.0521 e. The molecule has 0 spiro atoms. The highest BCUT2D eigenvalue weighted by atomic mass is 15.2. The van der Waals surface area contributed by atoms with Crippen LogP contribution in [0.2, 0.25) is 0 Å². The first-order valence-electron chi connectivity index (χ1n) is 6.83. The van der Waals surface area contributed by atoms with E-state index in [1.165, 1.54) is 16.7 Å². The summed E-state index contributed by atoms with van der Waals surface area (Å²) in [7, 11) is 1.96. The summed E-state index contributed by atoms with van der Waals surface area (Å²) in [5, 5.41) is 7.66. The summed E-state index contributed by atoms with van der Waals surface area (Å²) in [6.45, 7) is 4.20. The molecule has 0 saturated carbocycles. The first-order valence-corrected chi connectivity index (χ1v) is 6.83. The molecule has 0 saturated heterocycles. The predicted octanol–water partition coefficient (Wildman–Crippen LogP) is 1.89. The number of aromatic nitrogens is 3. The fourth-order valence-electron chi connectivity index (χ4n) is 2.15. The van der Waals surface area contributed by atoms with Crippen LogP contribution in [0.25, 0.3) is 0 Å². The van der Waals surface area contributed by atoms with Crippen LogP contribution in [-0.4, -0.2) is 27.9 Å². The Morgan fingerprint density at radius 1 is 1.21 bits per heavy atom. The lowest BCUT2D eigenvalue weighted by atomic mass is 10.1. The van der Waals surface area contributed by atoms with Crippen molar-refractivity contribution in [3.63, 3.8) is 0 Å². The highest BCUT2D eigenvalue weighted by molar-refractivity contribution is 5.21. The molecule has 0 fully saturated rings. The molecule has 0 aliphatic carbocycles. The van der Waals surface area contributed by atoms with Crippen LogP contribution in [0.1, 0.15) is 23.1 Å². The van der Waals surface area contributed by atoms with Crippen molar-refractivity contribution in [1.82, 2.24) is 20.1 Å². The third-order valence-electron chi connectivity index (χ3n) is 3.28. The summed E-state index contributed by atoms with van der Waals surface area (Å²) in [4.78, 5) is 4.11. The van der Waals surface area contributed by atoms with Gasteiger partial charge >= 0.3 is 0 Å². The maximum atomic E-state index is 4.17. The molecule has 102 valence electrons. The summed E-state index contributed by atoms with van der Waals surface area (Å²) in [6, 6.07) is 2.10. The zero-order chi connectivity index (χ0) is 13.5. The van der Waals surface area contributed by atoms with Crippen LogP contribution >= 0.6 is 0 Å². The molecule has 1 N–H and O–H groups in total.